The molecule has 0 fully saturated rings. The second-order valence-corrected chi connectivity index (χ2v) is 8.90. The van der Waals surface area contributed by atoms with E-state index in [2.05, 4.69) is 20.2 Å². The number of nitrogens with zero attached hydrogens (tertiary/aromatic N) is 2. The zero-order chi connectivity index (χ0) is 20.3. The van der Waals surface area contributed by atoms with Gasteiger partial charge in [-0.25, -0.2) is 17.5 Å². The van der Waals surface area contributed by atoms with Crippen LogP contribution in [0.3, 0.4) is 0 Å². The van der Waals surface area contributed by atoms with Crippen LogP contribution < -0.4 is 10.0 Å². The van der Waals surface area contributed by atoms with E-state index in [-0.39, 0.29) is 9.47 Å². The topological polar surface area (TPSA) is 101 Å². The Balaban J connectivity index is 1.72. The second-order valence-electron chi connectivity index (χ2n) is 6.04. The van der Waals surface area contributed by atoms with E-state index in [1.165, 1.54) is 24.3 Å². The van der Waals surface area contributed by atoms with Gasteiger partial charge in [-0.3, -0.25) is 10.1 Å². The maximum absolute atomic E-state index is 13.0. The van der Waals surface area contributed by atoms with Gasteiger partial charge < -0.3 is 0 Å². The largest absolute Gasteiger partial charge is 0.296 e. The number of hydrogen-bond donors (Lipinski definition) is 2. The highest BCUT2D eigenvalue weighted by Gasteiger charge is 2.24. The highest BCUT2D eigenvalue weighted by atomic mass is 32.2. The minimum Gasteiger partial charge on any atom is -0.296 e. The quantitative estimate of drug-likeness (QED) is 0.596. The van der Waals surface area contributed by atoms with Crippen molar-refractivity contribution in [2.75, 3.05) is 5.32 Å². The Labute approximate surface area is 165 Å². The third-order valence-electron chi connectivity index (χ3n) is 3.95. The molecule has 28 heavy (non-hydrogen) atoms. The van der Waals surface area contributed by atoms with Crippen LogP contribution in [0, 0.1) is 12.7 Å². The van der Waals surface area contributed by atoms with Gasteiger partial charge in [0.05, 0.1) is 0 Å². The third kappa shape index (κ3) is 4.58. The number of nitrogens with one attached hydrogen (secondary N) is 2. The molecular formula is C18H17FN4O3S2. The molecule has 0 radical (unpaired) electrons. The number of benzene rings is 2. The number of sulfonamides is 1. The Kier molecular flexibility index (Phi) is 5.82. The number of carbonyl (C=O) groups is 1. The minimum atomic E-state index is -3.96. The van der Waals surface area contributed by atoms with Gasteiger partial charge in [-0.05, 0) is 43.2 Å². The van der Waals surface area contributed by atoms with Gasteiger partial charge in [-0.15, -0.1) is 10.2 Å². The van der Waals surface area contributed by atoms with Crippen LogP contribution in [-0.2, 0) is 10.0 Å². The monoisotopic (exact) mass is 420 g/mol. The highest BCUT2D eigenvalue weighted by molar-refractivity contribution is 7.91. The van der Waals surface area contributed by atoms with Crippen molar-refractivity contribution in [2.45, 2.75) is 24.2 Å². The van der Waals surface area contributed by atoms with E-state index in [1.54, 1.807) is 32.0 Å². The van der Waals surface area contributed by atoms with Gasteiger partial charge in [0.25, 0.3) is 15.9 Å². The van der Waals surface area contributed by atoms with Crippen molar-refractivity contribution in [3.63, 3.8) is 0 Å². The smallest absolute Gasteiger partial charge is 0.270 e. The summed E-state index contributed by atoms with van der Waals surface area (Å²) in [5.41, 5.74) is 1.85. The second kappa shape index (κ2) is 8.13. The molecule has 1 atom stereocenters. The van der Waals surface area contributed by atoms with Gasteiger partial charge in [0.1, 0.15) is 5.82 Å². The number of amides is 1. The molecule has 1 heterocycles. The van der Waals surface area contributed by atoms with Crippen LogP contribution in [0.1, 0.15) is 34.5 Å². The van der Waals surface area contributed by atoms with E-state index >= 15 is 0 Å². The third-order valence-corrected chi connectivity index (χ3v) is 6.70. The van der Waals surface area contributed by atoms with Crippen molar-refractivity contribution in [3.05, 3.63) is 71.0 Å². The predicted molar refractivity (Wildman–Crippen MR) is 104 cm³/mol. The number of halogens is 1. The molecule has 3 aromatic rings. The number of aryl methyl sites for hydroxylation is 1. The van der Waals surface area contributed by atoms with E-state index in [4.69, 9.17) is 0 Å². The van der Waals surface area contributed by atoms with E-state index in [0.29, 0.717) is 11.1 Å². The number of rotatable bonds is 6. The van der Waals surface area contributed by atoms with Crippen molar-refractivity contribution in [1.29, 1.82) is 0 Å². The maximum atomic E-state index is 13.0. The molecule has 146 valence electrons. The van der Waals surface area contributed by atoms with Crippen LogP contribution in [0.5, 0.6) is 0 Å². The minimum absolute atomic E-state index is 0.0723. The van der Waals surface area contributed by atoms with Crippen LogP contribution in [0.4, 0.5) is 9.52 Å². The lowest BCUT2D eigenvalue weighted by Gasteiger charge is -2.12. The molecule has 0 bridgehead atoms. The molecule has 0 saturated heterocycles. The van der Waals surface area contributed by atoms with Crippen LogP contribution >= 0.6 is 11.3 Å². The molecule has 0 unspecified atom stereocenters. The van der Waals surface area contributed by atoms with Crippen molar-refractivity contribution in [1.82, 2.24) is 14.9 Å². The SMILES string of the molecule is Cc1ccccc1C(=O)Nc1nnc(S(=O)(=O)N[C@H](C)c2ccc(F)cc2)s1. The van der Waals surface area contributed by atoms with E-state index in [9.17, 15) is 17.6 Å². The summed E-state index contributed by atoms with van der Waals surface area (Å²) in [6, 6.07) is 11.9. The molecule has 2 N–H and O–H groups in total. The van der Waals surface area contributed by atoms with Gasteiger partial charge >= 0.3 is 0 Å². The summed E-state index contributed by atoms with van der Waals surface area (Å²) in [5, 5.41) is 10.0. The lowest BCUT2D eigenvalue weighted by molar-refractivity contribution is 0.102. The molecule has 0 aliphatic carbocycles. The zero-order valence-electron chi connectivity index (χ0n) is 15.0. The molecular weight excluding hydrogens is 403 g/mol. The van der Waals surface area contributed by atoms with Crippen LogP contribution in [0.25, 0.3) is 0 Å². The summed E-state index contributed by atoms with van der Waals surface area (Å²) in [5.74, 6) is -0.803. The number of aromatic nitrogens is 2. The van der Waals surface area contributed by atoms with Crippen LogP contribution in [-0.4, -0.2) is 24.5 Å². The molecule has 0 spiro atoms. The van der Waals surface area contributed by atoms with Crippen LogP contribution in [0.2, 0.25) is 0 Å². The van der Waals surface area contributed by atoms with Gasteiger partial charge in [-0.1, -0.05) is 41.7 Å². The normalized spacial score (nSPS) is 12.5. The number of anilines is 1. The maximum Gasteiger partial charge on any atom is 0.270 e. The number of carbonyl (C=O) groups excluding carboxylic acids is 1. The summed E-state index contributed by atoms with van der Waals surface area (Å²) >= 11 is 0.744. The average molecular weight is 420 g/mol. The summed E-state index contributed by atoms with van der Waals surface area (Å²) in [6.45, 7) is 3.43. The van der Waals surface area contributed by atoms with Crippen molar-refractivity contribution in [3.8, 4) is 0 Å². The fourth-order valence-corrected chi connectivity index (χ4v) is 4.61. The average Bonchev–Trinajstić information content (AvgIpc) is 3.11. The zero-order valence-corrected chi connectivity index (χ0v) is 16.6. The lowest BCUT2D eigenvalue weighted by atomic mass is 10.1. The Bertz CT molecular complexity index is 1100. The number of hydrogen-bond acceptors (Lipinski definition) is 6. The molecule has 2 aromatic carbocycles. The standard InChI is InChI=1S/C18H17FN4O3S2/c1-11-5-3-4-6-15(11)16(24)20-17-21-22-18(27-17)28(25,26)23-12(2)13-7-9-14(19)10-8-13/h3-10,12,23H,1-2H3,(H,20,21,24)/t12-/m1/s1. The summed E-state index contributed by atoms with van der Waals surface area (Å²) in [4.78, 5) is 12.3. The van der Waals surface area contributed by atoms with Gasteiger partial charge in [0, 0.05) is 11.6 Å². The first kappa shape index (κ1) is 20.1. The fourth-order valence-electron chi connectivity index (χ4n) is 2.46. The summed E-state index contributed by atoms with van der Waals surface area (Å²) in [7, 11) is -3.96. The van der Waals surface area contributed by atoms with Crippen molar-refractivity contribution < 1.29 is 17.6 Å². The van der Waals surface area contributed by atoms with E-state index in [0.717, 1.165) is 16.9 Å². The Morgan fingerprint density at radius 3 is 2.46 bits per heavy atom. The molecule has 1 amide bonds. The van der Waals surface area contributed by atoms with Crippen LogP contribution in [0.15, 0.2) is 52.9 Å². The summed E-state index contributed by atoms with van der Waals surface area (Å²) in [6.07, 6.45) is 0. The molecule has 0 saturated carbocycles. The van der Waals surface area contributed by atoms with Crippen molar-refractivity contribution >= 4 is 32.4 Å². The Morgan fingerprint density at radius 1 is 1.11 bits per heavy atom. The molecule has 10 heteroatoms. The van der Waals surface area contributed by atoms with Gasteiger partial charge in [0.2, 0.25) is 9.47 Å². The first-order chi connectivity index (χ1) is 13.3. The highest BCUT2D eigenvalue weighted by Crippen LogP contribution is 2.23. The molecule has 1 aromatic heterocycles. The predicted octanol–water partition coefficient (Wildman–Crippen LogP) is 3.28. The van der Waals surface area contributed by atoms with E-state index in [1.807, 2.05) is 6.07 Å². The van der Waals surface area contributed by atoms with Crippen molar-refractivity contribution in [2.24, 2.45) is 0 Å². The summed E-state index contributed by atoms with van der Waals surface area (Å²) < 4.78 is 40.2. The Hall–Kier alpha value is -2.69. The van der Waals surface area contributed by atoms with Gasteiger partial charge in [-0.2, -0.15) is 0 Å². The molecule has 0 aliphatic rings. The molecule has 7 nitrogen and oxygen atoms in total. The molecule has 0 aliphatic heterocycles. The first-order valence-corrected chi connectivity index (χ1v) is 10.5. The Morgan fingerprint density at radius 2 is 1.79 bits per heavy atom. The lowest BCUT2D eigenvalue weighted by Crippen LogP contribution is -2.26. The fraction of sp³-hybridized carbons (Fsp3) is 0.167. The van der Waals surface area contributed by atoms with E-state index < -0.39 is 27.8 Å². The molecule has 3 rings (SSSR count). The first-order valence-electron chi connectivity index (χ1n) is 8.24. The van der Waals surface area contributed by atoms with Gasteiger partial charge in [0.15, 0.2) is 0 Å².